The number of thiazole rings is 1. The molecule has 0 saturated carbocycles. The van der Waals surface area contributed by atoms with E-state index in [0.717, 1.165) is 41.6 Å². The van der Waals surface area contributed by atoms with Gasteiger partial charge in [-0.15, -0.1) is 11.3 Å². The van der Waals surface area contributed by atoms with E-state index in [0.29, 0.717) is 16.3 Å². The third-order valence-corrected chi connectivity index (χ3v) is 5.71. The molecule has 1 fully saturated rings. The molecule has 1 aliphatic rings. The molecule has 3 aromatic rings. The van der Waals surface area contributed by atoms with Crippen LogP contribution in [0.25, 0.3) is 11.3 Å². The van der Waals surface area contributed by atoms with Crippen molar-refractivity contribution in [3.05, 3.63) is 58.4 Å². The zero-order valence-electron chi connectivity index (χ0n) is 15.4. The van der Waals surface area contributed by atoms with Crippen LogP contribution in [0.4, 0.5) is 10.8 Å². The Bertz CT molecular complexity index is 1010. The summed E-state index contributed by atoms with van der Waals surface area (Å²) >= 11 is 7.85. The van der Waals surface area contributed by atoms with Crippen LogP contribution in [0.3, 0.4) is 0 Å². The van der Waals surface area contributed by atoms with Gasteiger partial charge >= 0.3 is 0 Å². The van der Waals surface area contributed by atoms with Gasteiger partial charge in [0, 0.05) is 35.8 Å². The van der Waals surface area contributed by atoms with Crippen LogP contribution in [0.15, 0.2) is 47.8 Å². The molecule has 28 heavy (non-hydrogen) atoms. The number of nitrogens with zero attached hydrogens (tertiary/aromatic N) is 3. The molecule has 1 N–H and O–H groups in total. The first-order valence-corrected chi connectivity index (χ1v) is 10.2. The van der Waals surface area contributed by atoms with E-state index < -0.39 is 0 Å². The topological polar surface area (TPSA) is 61.2 Å². The summed E-state index contributed by atoms with van der Waals surface area (Å²) in [4.78, 5) is 6.89. The Balaban J connectivity index is 1.47. The number of nitriles is 1. The molecule has 2 aromatic carbocycles. The number of hydrogen-bond donors (Lipinski definition) is 1. The second-order valence-electron chi connectivity index (χ2n) is 6.79. The molecule has 5 nitrogen and oxygen atoms in total. The zero-order valence-corrected chi connectivity index (χ0v) is 16.9. The predicted octanol–water partition coefficient (Wildman–Crippen LogP) is 5.16. The van der Waals surface area contributed by atoms with Gasteiger partial charge in [0.25, 0.3) is 0 Å². The molecule has 0 amide bonds. The number of ether oxygens (including phenoxy) is 1. The third-order valence-electron chi connectivity index (χ3n) is 4.64. The number of aromatic nitrogens is 1. The maximum absolute atomic E-state index is 8.92. The highest BCUT2D eigenvalue weighted by Crippen LogP contribution is 2.33. The quantitative estimate of drug-likeness (QED) is 0.629. The second-order valence-corrected chi connectivity index (χ2v) is 8.05. The van der Waals surface area contributed by atoms with E-state index in [1.54, 1.807) is 12.1 Å². The van der Waals surface area contributed by atoms with Crippen molar-refractivity contribution in [2.75, 3.05) is 25.5 Å². The van der Waals surface area contributed by atoms with Crippen LogP contribution in [0.2, 0.25) is 5.02 Å². The summed E-state index contributed by atoms with van der Waals surface area (Å²) in [5.41, 5.74) is 3.37. The summed E-state index contributed by atoms with van der Waals surface area (Å²) in [6.45, 7) is 1.95. The van der Waals surface area contributed by atoms with Crippen LogP contribution in [0.5, 0.6) is 5.75 Å². The highest BCUT2D eigenvalue weighted by molar-refractivity contribution is 7.14. The second kappa shape index (κ2) is 8.19. The molecule has 142 valence electrons. The number of nitrogens with one attached hydrogen (secondary N) is 1. The molecule has 2 heterocycles. The van der Waals surface area contributed by atoms with E-state index in [1.807, 2.05) is 35.7 Å². The standard InChI is InChI=1S/C21H19ClN4OS/c1-26-9-8-17(12-26)27-20-10-16(6-7-18(20)22)24-21-25-19(13-28-21)15-4-2-14(11-23)3-5-15/h2-7,10,13,17H,8-9,12H2,1H3,(H,24,25)/t17-/m1/s1. The molecule has 0 aliphatic carbocycles. The number of likely N-dealkylation sites (N-methyl/N-ethyl adjacent to an activating group) is 1. The van der Waals surface area contributed by atoms with Crippen LogP contribution in [0, 0.1) is 11.3 Å². The van der Waals surface area contributed by atoms with E-state index in [9.17, 15) is 0 Å². The number of likely N-dealkylation sites (tertiary alicyclic amines) is 1. The molecule has 0 spiro atoms. The number of hydrogen-bond acceptors (Lipinski definition) is 6. The first-order valence-electron chi connectivity index (χ1n) is 8.98. The van der Waals surface area contributed by atoms with Gasteiger partial charge in [-0.05, 0) is 37.7 Å². The van der Waals surface area contributed by atoms with Gasteiger partial charge in [-0.2, -0.15) is 5.26 Å². The first-order chi connectivity index (χ1) is 13.6. The van der Waals surface area contributed by atoms with Crippen molar-refractivity contribution >= 4 is 33.8 Å². The largest absolute Gasteiger partial charge is 0.487 e. The van der Waals surface area contributed by atoms with Gasteiger partial charge in [-0.25, -0.2) is 4.98 Å². The number of rotatable bonds is 5. The lowest BCUT2D eigenvalue weighted by Gasteiger charge is -2.16. The highest BCUT2D eigenvalue weighted by atomic mass is 35.5. The minimum absolute atomic E-state index is 0.167. The lowest BCUT2D eigenvalue weighted by molar-refractivity contribution is 0.208. The van der Waals surface area contributed by atoms with Crippen molar-refractivity contribution in [1.82, 2.24) is 9.88 Å². The fourth-order valence-corrected chi connectivity index (χ4v) is 4.05. The monoisotopic (exact) mass is 410 g/mol. The average molecular weight is 411 g/mol. The van der Waals surface area contributed by atoms with Gasteiger partial charge in [-0.3, -0.25) is 0 Å². The molecule has 7 heteroatoms. The smallest absolute Gasteiger partial charge is 0.187 e. The van der Waals surface area contributed by atoms with E-state index in [1.165, 1.54) is 11.3 Å². The Labute approximate surface area is 173 Å². The Kier molecular flexibility index (Phi) is 5.49. The molecule has 1 atom stereocenters. The molecule has 1 aromatic heterocycles. The maximum atomic E-state index is 8.92. The number of halogens is 1. The van der Waals surface area contributed by atoms with Crippen molar-refractivity contribution in [2.45, 2.75) is 12.5 Å². The summed E-state index contributed by atoms with van der Waals surface area (Å²) in [5.74, 6) is 0.691. The van der Waals surface area contributed by atoms with E-state index in [2.05, 4.69) is 28.3 Å². The van der Waals surface area contributed by atoms with Crippen LogP contribution in [0.1, 0.15) is 12.0 Å². The Morgan fingerprint density at radius 3 is 2.82 bits per heavy atom. The van der Waals surface area contributed by atoms with Crippen molar-refractivity contribution in [2.24, 2.45) is 0 Å². The van der Waals surface area contributed by atoms with Gasteiger partial charge in [0.1, 0.15) is 11.9 Å². The normalized spacial score (nSPS) is 16.7. The molecule has 0 bridgehead atoms. The van der Waals surface area contributed by atoms with Crippen LogP contribution in [-0.2, 0) is 0 Å². The Morgan fingerprint density at radius 1 is 1.29 bits per heavy atom. The van der Waals surface area contributed by atoms with Crippen LogP contribution >= 0.6 is 22.9 Å². The molecule has 4 rings (SSSR count). The van der Waals surface area contributed by atoms with Gasteiger partial charge in [0.15, 0.2) is 5.13 Å². The van der Waals surface area contributed by atoms with Crippen molar-refractivity contribution in [1.29, 1.82) is 5.26 Å². The first kappa shape index (κ1) is 18.8. The van der Waals surface area contributed by atoms with Crippen LogP contribution in [-0.4, -0.2) is 36.1 Å². The fraction of sp³-hybridized carbons (Fsp3) is 0.238. The molecule has 0 radical (unpaired) electrons. The summed E-state index contributed by atoms with van der Waals surface area (Å²) in [7, 11) is 2.09. The zero-order chi connectivity index (χ0) is 19.5. The van der Waals surface area contributed by atoms with Crippen LogP contribution < -0.4 is 10.1 Å². The summed E-state index contributed by atoms with van der Waals surface area (Å²) in [6.07, 6.45) is 1.17. The summed E-state index contributed by atoms with van der Waals surface area (Å²) in [5, 5.41) is 15.6. The number of anilines is 2. The van der Waals surface area contributed by atoms with Gasteiger partial charge in [0.2, 0.25) is 0 Å². The molecule has 1 saturated heterocycles. The SMILES string of the molecule is CN1CC[C@@H](Oc2cc(Nc3nc(-c4ccc(C#N)cc4)cs3)ccc2Cl)C1. The lowest BCUT2D eigenvalue weighted by atomic mass is 10.1. The van der Waals surface area contributed by atoms with E-state index >= 15 is 0 Å². The van der Waals surface area contributed by atoms with E-state index in [4.69, 9.17) is 21.6 Å². The molecule has 1 aliphatic heterocycles. The number of benzene rings is 2. The minimum Gasteiger partial charge on any atom is -0.487 e. The van der Waals surface area contributed by atoms with Crippen molar-refractivity contribution in [3.8, 4) is 23.1 Å². The highest BCUT2D eigenvalue weighted by Gasteiger charge is 2.22. The third kappa shape index (κ3) is 4.28. The minimum atomic E-state index is 0.167. The van der Waals surface area contributed by atoms with Crippen molar-refractivity contribution in [3.63, 3.8) is 0 Å². The molecule has 0 unspecified atom stereocenters. The average Bonchev–Trinajstić information content (AvgIpc) is 3.33. The van der Waals surface area contributed by atoms with Gasteiger partial charge < -0.3 is 15.0 Å². The van der Waals surface area contributed by atoms with E-state index in [-0.39, 0.29) is 6.10 Å². The lowest BCUT2D eigenvalue weighted by Crippen LogP contribution is -2.21. The fourth-order valence-electron chi connectivity index (χ4n) is 3.14. The van der Waals surface area contributed by atoms with Gasteiger partial charge in [-0.1, -0.05) is 23.7 Å². The van der Waals surface area contributed by atoms with Gasteiger partial charge in [0.05, 0.1) is 22.3 Å². The summed E-state index contributed by atoms with van der Waals surface area (Å²) < 4.78 is 6.09. The Hall–Kier alpha value is -2.59. The maximum Gasteiger partial charge on any atom is 0.187 e. The molecular weight excluding hydrogens is 392 g/mol. The Morgan fingerprint density at radius 2 is 2.11 bits per heavy atom. The molecular formula is C21H19ClN4OS. The van der Waals surface area contributed by atoms with Crippen molar-refractivity contribution < 1.29 is 4.74 Å². The predicted molar refractivity (Wildman–Crippen MR) is 114 cm³/mol. The summed E-state index contributed by atoms with van der Waals surface area (Å²) in [6, 6.07) is 15.2.